The van der Waals surface area contributed by atoms with Gasteiger partial charge < -0.3 is 0 Å². The zero-order valence-electron chi connectivity index (χ0n) is 11.4. The lowest BCUT2D eigenvalue weighted by Gasteiger charge is -2.08. The second kappa shape index (κ2) is 5.30. The summed E-state index contributed by atoms with van der Waals surface area (Å²) in [6.45, 7) is 1.83. The monoisotopic (exact) mass is 298 g/mol. The maximum Gasteiger partial charge on any atom is 0.196 e. The van der Waals surface area contributed by atoms with Crippen LogP contribution in [0.5, 0.6) is 0 Å². The molecule has 0 aliphatic carbocycles. The Hall–Kier alpha value is -2.19. The molecule has 0 spiro atoms. The molecule has 3 aromatic rings. The fraction of sp³-hybridized carbons (Fsp3) is 0.0556. The Morgan fingerprint density at radius 3 is 2.43 bits per heavy atom. The van der Waals surface area contributed by atoms with Gasteiger partial charge in [-0.25, -0.2) is 4.39 Å². The maximum atomic E-state index is 13.9. The third kappa shape index (κ3) is 2.43. The number of aryl methyl sites for hydroxylation is 1. The Bertz CT molecular complexity index is 855. The number of ketones is 1. The summed E-state index contributed by atoms with van der Waals surface area (Å²) in [5.74, 6) is -0.839. The fourth-order valence-corrected chi connectivity index (χ4v) is 2.65. The molecule has 0 unspecified atom stereocenters. The van der Waals surface area contributed by atoms with E-state index in [1.807, 2.05) is 31.2 Å². The first kappa shape index (κ1) is 13.8. The third-order valence-electron chi connectivity index (χ3n) is 3.48. The van der Waals surface area contributed by atoms with Gasteiger partial charge in [0, 0.05) is 16.0 Å². The van der Waals surface area contributed by atoms with Crippen LogP contribution in [0.3, 0.4) is 0 Å². The first-order valence-electron chi connectivity index (χ1n) is 6.56. The van der Waals surface area contributed by atoms with Gasteiger partial charge >= 0.3 is 0 Å². The van der Waals surface area contributed by atoms with Gasteiger partial charge in [-0.2, -0.15) is 0 Å². The van der Waals surface area contributed by atoms with Gasteiger partial charge in [0.15, 0.2) is 5.78 Å². The molecule has 3 rings (SSSR count). The standard InChI is InChI=1S/C18H12ClFO/c1-11-6-9-17(20)15(10-11)18(21)14-7-8-16(19)13-5-3-2-4-12(13)14/h2-10H,1H3. The lowest BCUT2D eigenvalue weighted by atomic mass is 9.96. The molecule has 0 saturated carbocycles. The minimum absolute atomic E-state index is 0.0856. The van der Waals surface area contributed by atoms with Crippen LogP contribution in [0.1, 0.15) is 21.5 Å². The molecule has 0 bridgehead atoms. The molecule has 0 aromatic heterocycles. The van der Waals surface area contributed by atoms with E-state index in [4.69, 9.17) is 11.6 Å². The molecule has 0 saturated heterocycles. The predicted molar refractivity (Wildman–Crippen MR) is 83.5 cm³/mol. The number of hydrogen-bond donors (Lipinski definition) is 0. The number of benzene rings is 3. The molecule has 1 nitrogen and oxygen atoms in total. The number of carbonyl (C=O) groups is 1. The van der Waals surface area contributed by atoms with Crippen LogP contribution in [0.2, 0.25) is 5.02 Å². The van der Waals surface area contributed by atoms with Crippen molar-refractivity contribution in [3.63, 3.8) is 0 Å². The number of hydrogen-bond acceptors (Lipinski definition) is 1. The van der Waals surface area contributed by atoms with Gasteiger partial charge in [0.2, 0.25) is 0 Å². The smallest absolute Gasteiger partial charge is 0.196 e. The van der Waals surface area contributed by atoms with E-state index in [2.05, 4.69) is 0 Å². The highest BCUT2D eigenvalue weighted by molar-refractivity contribution is 6.36. The Kier molecular flexibility index (Phi) is 3.48. The Labute approximate surface area is 127 Å². The summed E-state index contributed by atoms with van der Waals surface area (Å²) in [5.41, 5.74) is 1.39. The second-order valence-corrected chi connectivity index (χ2v) is 5.36. The van der Waals surface area contributed by atoms with Gasteiger partial charge in [-0.15, -0.1) is 0 Å². The van der Waals surface area contributed by atoms with Crippen LogP contribution in [-0.4, -0.2) is 5.78 Å². The van der Waals surface area contributed by atoms with E-state index in [0.717, 1.165) is 16.3 Å². The summed E-state index contributed by atoms with van der Waals surface area (Å²) in [5, 5.41) is 2.10. The molecule has 3 aromatic carbocycles. The topological polar surface area (TPSA) is 17.1 Å². The van der Waals surface area contributed by atoms with E-state index in [9.17, 15) is 9.18 Å². The predicted octanol–water partition coefficient (Wildman–Crippen LogP) is 5.17. The van der Waals surface area contributed by atoms with Crippen LogP contribution in [0.25, 0.3) is 10.8 Å². The van der Waals surface area contributed by atoms with Gasteiger partial charge in [0.05, 0.1) is 5.56 Å². The zero-order chi connectivity index (χ0) is 15.0. The minimum Gasteiger partial charge on any atom is -0.288 e. The van der Waals surface area contributed by atoms with E-state index in [-0.39, 0.29) is 11.3 Å². The molecule has 0 radical (unpaired) electrons. The van der Waals surface area contributed by atoms with Crippen LogP contribution in [-0.2, 0) is 0 Å². The van der Waals surface area contributed by atoms with Crippen molar-refractivity contribution in [2.75, 3.05) is 0 Å². The van der Waals surface area contributed by atoms with Gasteiger partial charge in [-0.1, -0.05) is 47.5 Å². The first-order chi connectivity index (χ1) is 10.1. The average Bonchev–Trinajstić information content (AvgIpc) is 2.50. The molecule has 0 aliphatic heterocycles. The molecule has 0 heterocycles. The highest BCUT2D eigenvalue weighted by atomic mass is 35.5. The molecule has 0 atom stereocenters. The normalized spacial score (nSPS) is 10.8. The van der Waals surface area contributed by atoms with Crippen molar-refractivity contribution >= 4 is 28.2 Å². The molecule has 0 N–H and O–H groups in total. The largest absolute Gasteiger partial charge is 0.288 e. The van der Waals surface area contributed by atoms with Crippen molar-refractivity contribution in [2.45, 2.75) is 6.92 Å². The van der Waals surface area contributed by atoms with Gasteiger partial charge in [-0.05, 0) is 36.6 Å². The van der Waals surface area contributed by atoms with Crippen LogP contribution in [0.15, 0.2) is 54.6 Å². The van der Waals surface area contributed by atoms with Crippen molar-refractivity contribution < 1.29 is 9.18 Å². The Morgan fingerprint density at radius 1 is 0.952 bits per heavy atom. The second-order valence-electron chi connectivity index (χ2n) is 4.95. The fourth-order valence-electron chi connectivity index (χ4n) is 2.42. The molecule has 21 heavy (non-hydrogen) atoms. The highest BCUT2D eigenvalue weighted by Gasteiger charge is 2.17. The molecular weight excluding hydrogens is 287 g/mol. The summed E-state index contributed by atoms with van der Waals surface area (Å²) in [6.07, 6.45) is 0. The summed E-state index contributed by atoms with van der Waals surface area (Å²) in [4.78, 5) is 12.7. The number of rotatable bonds is 2. The summed E-state index contributed by atoms with van der Waals surface area (Å²) >= 11 is 6.15. The minimum atomic E-state index is -0.510. The van der Waals surface area contributed by atoms with E-state index >= 15 is 0 Å². The number of carbonyl (C=O) groups excluding carboxylic acids is 1. The quantitative estimate of drug-likeness (QED) is 0.596. The summed E-state index contributed by atoms with van der Waals surface area (Å²) in [7, 11) is 0. The molecule has 0 aliphatic rings. The molecule has 0 fully saturated rings. The average molecular weight is 299 g/mol. The van der Waals surface area contributed by atoms with Crippen LogP contribution >= 0.6 is 11.6 Å². The van der Waals surface area contributed by atoms with Crippen molar-refractivity contribution in [3.05, 3.63) is 82.1 Å². The van der Waals surface area contributed by atoms with Crippen LogP contribution in [0, 0.1) is 12.7 Å². The van der Waals surface area contributed by atoms with Crippen molar-refractivity contribution in [3.8, 4) is 0 Å². The highest BCUT2D eigenvalue weighted by Crippen LogP contribution is 2.28. The summed E-state index contributed by atoms with van der Waals surface area (Å²) in [6, 6.07) is 15.2. The number of halogens is 2. The molecule has 104 valence electrons. The van der Waals surface area contributed by atoms with E-state index < -0.39 is 5.82 Å². The SMILES string of the molecule is Cc1ccc(F)c(C(=O)c2ccc(Cl)c3ccccc23)c1. The number of fused-ring (bicyclic) bond motifs is 1. The van der Waals surface area contributed by atoms with E-state index in [1.54, 1.807) is 24.3 Å². The molecular formula is C18H12ClFO. The lowest BCUT2D eigenvalue weighted by Crippen LogP contribution is -2.05. The van der Waals surface area contributed by atoms with Crippen molar-refractivity contribution in [2.24, 2.45) is 0 Å². The van der Waals surface area contributed by atoms with Crippen LogP contribution < -0.4 is 0 Å². The summed E-state index contributed by atoms with van der Waals surface area (Å²) < 4.78 is 13.9. The van der Waals surface area contributed by atoms with Gasteiger partial charge in [0.25, 0.3) is 0 Å². The van der Waals surface area contributed by atoms with Crippen molar-refractivity contribution in [1.29, 1.82) is 0 Å². The molecule has 3 heteroatoms. The zero-order valence-corrected chi connectivity index (χ0v) is 12.1. The van der Waals surface area contributed by atoms with Crippen molar-refractivity contribution in [1.82, 2.24) is 0 Å². The lowest BCUT2D eigenvalue weighted by molar-refractivity contribution is 0.103. The third-order valence-corrected chi connectivity index (χ3v) is 3.81. The maximum absolute atomic E-state index is 13.9. The van der Waals surface area contributed by atoms with Crippen LogP contribution in [0.4, 0.5) is 4.39 Å². The molecule has 0 amide bonds. The Balaban J connectivity index is 2.23. The van der Waals surface area contributed by atoms with Gasteiger partial charge in [-0.3, -0.25) is 4.79 Å². The van der Waals surface area contributed by atoms with Gasteiger partial charge in [0.1, 0.15) is 5.82 Å². The first-order valence-corrected chi connectivity index (χ1v) is 6.94. The van der Waals surface area contributed by atoms with E-state index in [1.165, 1.54) is 6.07 Å². The Morgan fingerprint density at radius 2 is 1.67 bits per heavy atom. The van der Waals surface area contributed by atoms with E-state index in [0.29, 0.717) is 10.6 Å².